The van der Waals surface area contributed by atoms with Crippen LogP contribution in [0.25, 0.3) is 16.3 Å². The zero-order valence-corrected chi connectivity index (χ0v) is 7.44. The van der Waals surface area contributed by atoms with E-state index in [0.717, 1.165) is 10.8 Å². The molecule has 1 nitrogen and oxygen atoms in total. The van der Waals surface area contributed by atoms with Gasteiger partial charge >= 0.3 is 0 Å². The molecule has 0 atom stereocenters. The van der Waals surface area contributed by atoms with E-state index in [-0.39, 0.29) is 5.82 Å². The van der Waals surface area contributed by atoms with Crippen LogP contribution >= 0.6 is 0 Å². The van der Waals surface area contributed by atoms with Crippen molar-refractivity contribution in [1.29, 1.82) is 0 Å². The Morgan fingerprint density at radius 3 is 2.64 bits per heavy atom. The topological polar surface area (TPSA) is 4.41 Å². The van der Waals surface area contributed by atoms with Crippen LogP contribution < -0.4 is 0 Å². The van der Waals surface area contributed by atoms with E-state index in [2.05, 4.69) is 0 Å². The van der Waals surface area contributed by atoms with Gasteiger partial charge in [-0.25, -0.2) is 4.39 Å². The van der Waals surface area contributed by atoms with Crippen LogP contribution in [0.2, 0.25) is 0 Å². The maximum absolute atomic E-state index is 13.3. The Morgan fingerprint density at radius 2 is 1.79 bits per heavy atom. The quantitative estimate of drug-likeness (QED) is 0.506. The first-order valence-electron chi connectivity index (χ1n) is 4.49. The molecule has 14 heavy (non-hydrogen) atoms. The van der Waals surface area contributed by atoms with Crippen LogP contribution in [0.5, 0.6) is 0 Å². The summed E-state index contributed by atoms with van der Waals surface area (Å²) in [6, 6.07) is 11.3. The minimum atomic E-state index is -0.171. The standard InChI is InChI=1S/C12H8FN/c13-11-5-6-14-8-10-4-2-1-3-9(10)7-12(11)14/h1-8H. The fourth-order valence-corrected chi connectivity index (χ4v) is 1.75. The van der Waals surface area contributed by atoms with Crippen molar-refractivity contribution in [2.45, 2.75) is 0 Å². The second-order valence-electron chi connectivity index (χ2n) is 3.36. The number of hydrogen-bond donors (Lipinski definition) is 0. The largest absolute Gasteiger partial charge is 0.321 e. The van der Waals surface area contributed by atoms with Crippen molar-refractivity contribution in [3.8, 4) is 0 Å². The van der Waals surface area contributed by atoms with Gasteiger partial charge in [0.1, 0.15) is 5.82 Å². The molecule has 2 heterocycles. The number of rotatable bonds is 0. The fraction of sp³-hybridized carbons (Fsp3) is 0. The molecule has 0 aliphatic heterocycles. The number of halogens is 1. The van der Waals surface area contributed by atoms with Gasteiger partial charge in [0, 0.05) is 12.4 Å². The van der Waals surface area contributed by atoms with Crippen LogP contribution in [-0.4, -0.2) is 4.40 Å². The minimum Gasteiger partial charge on any atom is -0.321 e. The second kappa shape index (κ2) is 2.58. The number of benzene rings is 1. The summed E-state index contributed by atoms with van der Waals surface area (Å²) in [6.45, 7) is 0. The summed E-state index contributed by atoms with van der Waals surface area (Å²) in [4.78, 5) is 0. The minimum absolute atomic E-state index is 0.171. The lowest BCUT2D eigenvalue weighted by Crippen LogP contribution is -1.83. The average Bonchev–Trinajstić information content (AvgIpc) is 2.57. The lowest BCUT2D eigenvalue weighted by atomic mass is 10.2. The van der Waals surface area contributed by atoms with Crippen molar-refractivity contribution in [3.05, 3.63) is 54.6 Å². The SMILES string of the molecule is Fc1ccn2cc3ccccc3cc12. The van der Waals surface area contributed by atoms with Crippen LogP contribution in [0.4, 0.5) is 4.39 Å². The Labute approximate surface area is 80.4 Å². The number of aromatic nitrogens is 1. The molecule has 0 fully saturated rings. The molecule has 3 aromatic rings. The maximum atomic E-state index is 13.3. The molecule has 2 aromatic heterocycles. The predicted molar refractivity (Wildman–Crippen MR) is 54.9 cm³/mol. The lowest BCUT2D eigenvalue weighted by molar-refractivity contribution is 0.640. The number of hydrogen-bond acceptors (Lipinski definition) is 0. The Hall–Kier alpha value is -1.83. The Bertz CT molecular complexity index is 610. The molecule has 2 heteroatoms. The molecule has 0 aliphatic rings. The number of fused-ring (bicyclic) bond motifs is 2. The van der Waals surface area contributed by atoms with Crippen LogP contribution in [0.15, 0.2) is 48.8 Å². The van der Waals surface area contributed by atoms with E-state index >= 15 is 0 Å². The van der Waals surface area contributed by atoms with Gasteiger partial charge < -0.3 is 4.40 Å². The molecule has 0 amide bonds. The van der Waals surface area contributed by atoms with Gasteiger partial charge in [0.15, 0.2) is 0 Å². The number of pyridine rings is 1. The Morgan fingerprint density at radius 1 is 1.00 bits per heavy atom. The van der Waals surface area contributed by atoms with E-state index < -0.39 is 0 Å². The van der Waals surface area contributed by atoms with E-state index in [9.17, 15) is 4.39 Å². The summed E-state index contributed by atoms with van der Waals surface area (Å²) < 4.78 is 15.1. The van der Waals surface area contributed by atoms with E-state index in [4.69, 9.17) is 0 Å². The van der Waals surface area contributed by atoms with Gasteiger partial charge in [-0.15, -0.1) is 0 Å². The van der Waals surface area contributed by atoms with Gasteiger partial charge in [-0.1, -0.05) is 24.3 Å². The van der Waals surface area contributed by atoms with Crippen molar-refractivity contribution in [1.82, 2.24) is 4.40 Å². The van der Waals surface area contributed by atoms with E-state index in [1.54, 1.807) is 10.6 Å². The van der Waals surface area contributed by atoms with E-state index in [0.29, 0.717) is 5.52 Å². The van der Waals surface area contributed by atoms with Crippen molar-refractivity contribution >= 4 is 16.3 Å². The van der Waals surface area contributed by atoms with Gasteiger partial charge in [-0.05, 0) is 22.9 Å². The second-order valence-corrected chi connectivity index (χ2v) is 3.36. The Balaban J connectivity index is 2.54. The molecule has 0 unspecified atom stereocenters. The van der Waals surface area contributed by atoms with E-state index in [1.165, 1.54) is 6.07 Å². The average molecular weight is 185 g/mol. The summed E-state index contributed by atoms with van der Waals surface area (Å²) in [5, 5.41) is 2.19. The molecular weight excluding hydrogens is 177 g/mol. The monoisotopic (exact) mass is 185 g/mol. The summed E-state index contributed by atoms with van der Waals surface area (Å²) in [5.41, 5.74) is 0.628. The van der Waals surface area contributed by atoms with Gasteiger partial charge in [0.25, 0.3) is 0 Å². The highest BCUT2D eigenvalue weighted by Gasteiger charge is 2.01. The Kier molecular flexibility index (Phi) is 1.39. The summed E-state index contributed by atoms with van der Waals surface area (Å²) in [5.74, 6) is -0.171. The molecule has 3 rings (SSSR count). The van der Waals surface area contributed by atoms with Crippen LogP contribution in [0.1, 0.15) is 0 Å². The highest BCUT2D eigenvalue weighted by atomic mass is 19.1. The predicted octanol–water partition coefficient (Wildman–Crippen LogP) is 3.23. The summed E-state index contributed by atoms with van der Waals surface area (Å²) >= 11 is 0. The van der Waals surface area contributed by atoms with Gasteiger partial charge in [0.05, 0.1) is 5.52 Å². The molecule has 0 saturated carbocycles. The molecule has 0 saturated heterocycles. The molecule has 0 N–H and O–H groups in total. The first-order chi connectivity index (χ1) is 6.84. The maximum Gasteiger partial charge on any atom is 0.148 e. The molecule has 0 spiro atoms. The smallest absolute Gasteiger partial charge is 0.148 e. The number of nitrogens with zero attached hydrogens (tertiary/aromatic N) is 1. The summed E-state index contributed by atoms with van der Waals surface area (Å²) in [7, 11) is 0. The van der Waals surface area contributed by atoms with Crippen LogP contribution in [-0.2, 0) is 0 Å². The van der Waals surface area contributed by atoms with Gasteiger partial charge in [-0.3, -0.25) is 0 Å². The van der Waals surface area contributed by atoms with Crippen LogP contribution in [0.3, 0.4) is 0 Å². The molecule has 68 valence electrons. The highest BCUT2D eigenvalue weighted by Crippen LogP contribution is 2.19. The molecule has 0 bridgehead atoms. The third-order valence-corrected chi connectivity index (χ3v) is 2.47. The zero-order chi connectivity index (χ0) is 9.54. The first kappa shape index (κ1) is 7.56. The zero-order valence-electron chi connectivity index (χ0n) is 7.44. The van der Waals surface area contributed by atoms with Crippen molar-refractivity contribution in [3.63, 3.8) is 0 Å². The fourth-order valence-electron chi connectivity index (χ4n) is 1.75. The molecule has 0 aliphatic carbocycles. The summed E-state index contributed by atoms with van der Waals surface area (Å²) in [6.07, 6.45) is 3.67. The van der Waals surface area contributed by atoms with Crippen LogP contribution in [0, 0.1) is 5.82 Å². The van der Waals surface area contributed by atoms with Crippen molar-refractivity contribution in [2.75, 3.05) is 0 Å². The third kappa shape index (κ3) is 0.940. The van der Waals surface area contributed by atoms with Crippen molar-refractivity contribution in [2.24, 2.45) is 0 Å². The van der Waals surface area contributed by atoms with E-state index in [1.807, 2.05) is 36.5 Å². The lowest BCUT2D eigenvalue weighted by Gasteiger charge is -1.99. The molecule has 0 radical (unpaired) electrons. The normalized spacial score (nSPS) is 11.2. The molecular formula is C12H8FN. The van der Waals surface area contributed by atoms with Gasteiger partial charge in [0.2, 0.25) is 0 Å². The molecule has 1 aromatic carbocycles. The first-order valence-corrected chi connectivity index (χ1v) is 4.49. The van der Waals surface area contributed by atoms with Gasteiger partial charge in [-0.2, -0.15) is 0 Å². The highest BCUT2D eigenvalue weighted by molar-refractivity contribution is 5.85. The third-order valence-electron chi connectivity index (χ3n) is 2.47. The van der Waals surface area contributed by atoms with Crippen molar-refractivity contribution < 1.29 is 4.39 Å².